The lowest BCUT2D eigenvalue weighted by molar-refractivity contribution is -0.137. The number of allylic oxidation sites excluding steroid dienone is 1. The number of nitrogens with two attached hydrogens (primary N) is 1. The Morgan fingerprint density at radius 2 is 1.86 bits per heavy atom. The molecule has 0 saturated carbocycles. The third kappa shape index (κ3) is 3.89. The van der Waals surface area contributed by atoms with Crippen LogP contribution < -0.4 is 11.6 Å². The van der Waals surface area contributed by atoms with E-state index in [1.807, 2.05) is 0 Å². The summed E-state index contributed by atoms with van der Waals surface area (Å²) in [5, 5.41) is 7.58. The van der Waals surface area contributed by atoms with E-state index in [0.717, 1.165) is 21.5 Å². The molecule has 3 rings (SSSR count). The Kier molecular flexibility index (Phi) is 5.49. The summed E-state index contributed by atoms with van der Waals surface area (Å²) >= 11 is 6.33. The second-order valence-corrected chi connectivity index (χ2v) is 6.49. The van der Waals surface area contributed by atoms with Crippen LogP contribution in [0.3, 0.4) is 0 Å². The van der Waals surface area contributed by atoms with Gasteiger partial charge in [-0.05, 0) is 47.2 Å². The fourth-order valence-corrected chi connectivity index (χ4v) is 3.03. The van der Waals surface area contributed by atoms with Crippen LogP contribution in [0.2, 0.25) is 5.02 Å². The summed E-state index contributed by atoms with van der Waals surface area (Å²) in [7, 11) is 1.42. The van der Waals surface area contributed by atoms with Crippen molar-refractivity contribution < 1.29 is 18.0 Å². The Bertz CT molecular complexity index is 1150. The molecule has 0 spiro atoms. The van der Waals surface area contributed by atoms with E-state index in [0.29, 0.717) is 0 Å². The zero-order chi connectivity index (χ0) is 21.3. The molecule has 0 amide bonds. The lowest BCUT2D eigenvalue weighted by Crippen LogP contribution is -2.23. The topological polar surface area (TPSA) is 88.0 Å². The molecule has 0 aliphatic carbocycles. The number of halogens is 4. The van der Waals surface area contributed by atoms with Gasteiger partial charge >= 0.3 is 11.9 Å². The Labute approximate surface area is 167 Å². The van der Waals surface area contributed by atoms with Gasteiger partial charge in [0.2, 0.25) is 0 Å². The molecule has 0 unspecified atom stereocenters. The normalized spacial score (nSPS) is 12.7. The number of aromatic nitrogens is 4. The van der Waals surface area contributed by atoms with Gasteiger partial charge < -0.3 is 4.84 Å². The largest absolute Gasteiger partial charge is 0.416 e. The third-order valence-electron chi connectivity index (χ3n) is 4.25. The molecule has 3 aromatic rings. The summed E-state index contributed by atoms with van der Waals surface area (Å²) in [5.41, 5.74) is -0.476. The Morgan fingerprint density at radius 1 is 1.17 bits per heavy atom. The van der Waals surface area contributed by atoms with Gasteiger partial charge in [0.15, 0.2) is 5.76 Å². The first kappa shape index (κ1) is 20.6. The van der Waals surface area contributed by atoms with Crippen LogP contribution in [0, 0.1) is 0 Å². The molecule has 0 saturated heterocycles. The van der Waals surface area contributed by atoms with E-state index in [-0.39, 0.29) is 33.2 Å². The standard InChI is InChI=1S/C18H15ClF3N5O2/c1-10(11-5-3-6-12(9-11)18(20,21)22)16(29-23)15-13(19)7-4-8-14(15)27-17(28)26(2)24-25-27/h3-9H,23H2,1-2H3/b16-10+. The average Bonchev–Trinajstić information content (AvgIpc) is 3.01. The second kappa shape index (κ2) is 7.72. The lowest BCUT2D eigenvalue weighted by Gasteiger charge is -2.16. The summed E-state index contributed by atoms with van der Waals surface area (Å²) in [5.74, 6) is 5.45. The van der Waals surface area contributed by atoms with Crippen molar-refractivity contribution in [2.75, 3.05) is 0 Å². The number of alkyl halides is 3. The van der Waals surface area contributed by atoms with Gasteiger partial charge in [-0.1, -0.05) is 29.8 Å². The minimum Gasteiger partial charge on any atom is -0.410 e. The molecular formula is C18H15ClF3N5O2. The minimum atomic E-state index is -4.51. The summed E-state index contributed by atoms with van der Waals surface area (Å²) in [4.78, 5) is 17.3. The average molecular weight is 426 g/mol. The summed E-state index contributed by atoms with van der Waals surface area (Å²) in [6.07, 6.45) is -4.51. The highest BCUT2D eigenvalue weighted by molar-refractivity contribution is 6.33. The number of aryl methyl sites for hydroxylation is 1. The van der Waals surface area contributed by atoms with Gasteiger partial charge in [-0.25, -0.2) is 4.79 Å². The van der Waals surface area contributed by atoms with Crippen molar-refractivity contribution in [2.24, 2.45) is 12.9 Å². The molecule has 0 radical (unpaired) electrons. The van der Waals surface area contributed by atoms with Crippen LogP contribution >= 0.6 is 11.6 Å². The fraction of sp³-hybridized carbons (Fsp3) is 0.167. The van der Waals surface area contributed by atoms with E-state index < -0.39 is 17.4 Å². The first-order chi connectivity index (χ1) is 13.6. The quantitative estimate of drug-likeness (QED) is 0.393. The number of benzene rings is 2. The van der Waals surface area contributed by atoms with Crippen LogP contribution in [0.5, 0.6) is 0 Å². The predicted octanol–water partition coefficient (Wildman–Crippen LogP) is 3.42. The van der Waals surface area contributed by atoms with Gasteiger partial charge in [-0.3, -0.25) is 0 Å². The zero-order valence-corrected chi connectivity index (χ0v) is 16.0. The maximum absolute atomic E-state index is 13.1. The molecule has 1 aromatic heterocycles. The Morgan fingerprint density at radius 3 is 2.45 bits per heavy atom. The van der Waals surface area contributed by atoms with Crippen LogP contribution in [-0.2, 0) is 18.1 Å². The van der Waals surface area contributed by atoms with Crippen LogP contribution in [0.4, 0.5) is 13.2 Å². The van der Waals surface area contributed by atoms with Gasteiger partial charge in [0.25, 0.3) is 0 Å². The van der Waals surface area contributed by atoms with Crippen molar-refractivity contribution in [3.05, 3.63) is 74.7 Å². The summed E-state index contributed by atoms with van der Waals surface area (Å²) in [6, 6.07) is 9.33. The Balaban J connectivity index is 2.26. The highest BCUT2D eigenvalue weighted by Crippen LogP contribution is 2.36. The molecule has 0 aliphatic heterocycles. The van der Waals surface area contributed by atoms with Crippen LogP contribution in [0.15, 0.2) is 47.3 Å². The molecule has 7 nitrogen and oxygen atoms in total. The first-order valence-electron chi connectivity index (χ1n) is 8.18. The van der Waals surface area contributed by atoms with Crippen LogP contribution in [0.25, 0.3) is 17.0 Å². The highest BCUT2D eigenvalue weighted by Gasteiger charge is 2.31. The van der Waals surface area contributed by atoms with Gasteiger partial charge in [0, 0.05) is 12.6 Å². The first-order valence-corrected chi connectivity index (χ1v) is 8.56. The molecule has 0 fully saturated rings. The number of nitrogens with zero attached hydrogens (tertiary/aromatic N) is 4. The van der Waals surface area contributed by atoms with Crippen molar-refractivity contribution in [2.45, 2.75) is 13.1 Å². The van der Waals surface area contributed by atoms with E-state index in [9.17, 15) is 18.0 Å². The van der Waals surface area contributed by atoms with Crippen molar-refractivity contribution in [1.82, 2.24) is 19.8 Å². The van der Waals surface area contributed by atoms with Gasteiger partial charge in [-0.2, -0.15) is 28.4 Å². The number of tetrazole rings is 1. The summed E-state index contributed by atoms with van der Waals surface area (Å²) < 4.78 is 41.3. The lowest BCUT2D eigenvalue weighted by atomic mass is 9.99. The van der Waals surface area contributed by atoms with Crippen LogP contribution in [-0.4, -0.2) is 19.8 Å². The molecule has 11 heteroatoms. The fourth-order valence-electron chi connectivity index (χ4n) is 2.77. The van der Waals surface area contributed by atoms with Crippen LogP contribution in [0.1, 0.15) is 23.6 Å². The molecule has 0 atom stereocenters. The Hall–Kier alpha value is -3.11. The smallest absolute Gasteiger partial charge is 0.410 e. The van der Waals surface area contributed by atoms with Crippen molar-refractivity contribution in [3.63, 3.8) is 0 Å². The van der Waals surface area contributed by atoms with Crippen molar-refractivity contribution in [3.8, 4) is 5.69 Å². The molecule has 152 valence electrons. The molecule has 1 heterocycles. The van der Waals surface area contributed by atoms with E-state index in [1.165, 1.54) is 38.2 Å². The summed E-state index contributed by atoms with van der Waals surface area (Å²) in [6.45, 7) is 1.53. The zero-order valence-electron chi connectivity index (χ0n) is 15.2. The predicted molar refractivity (Wildman–Crippen MR) is 101 cm³/mol. The maximum Gasteiger partial charge on any atom is 0.416 e. The molecule has 0 aliphatic rings. The molecular weight excluding hydrogens is 411 g/mol. The van der Waals surface area contributed by atoms with E-state index >= 15 is 0 Å². The SMILES string of the molecule is C/C(=C(\ON)c1c(Cl)cccc1-n1nnn(C)c1=O)c1cccc(C(F)(F)F)c1. The molecule has 29 heavy (non-hydrogen) atoms. The van der Waals surface area contributed by atoms with Gasteiger partial charge in [0.1, 0.15) is 0 Å². The number of hydrogen-bond donors (Lipinski definition) is 1. The molecule has 0 bridgehead atoms. The van der Waals surface area contributed by atoms with Crippen molar-refractivity contribution >= 4 is 22.9 Å². The maximum atomic E-state index is 13.1. The number of rotatable bonds is 4. The third-order valence-corrected chi connectivity index (χ3v) is 4.56. The monoisotopic (exact) mass is 425 g/mol. The van der Waals surface area contributed by atoms with Gasteiger partial charge in [0.05, 0.1) is 21.8 Å². The van der Waals surface area contributed by atoms with Crippen molar-refractivity contribution in [1.29, 1.82) is 0 Å². The molecule has 2 aromatic carbocycles. The minimum absolute atomic E-state index is 0.0116. The number of hydrogen-bond acceptors (Lipinski definition) is 5. The second-order valence-electron chi connectivity index (χ2n) is 6.08. The molecule has 2 N–H and O–H groups in total. The van der Waals surface area contributed by atoms with E-state index in [2.05, 4.69) is 10.4 Å². The highest BCUT2D eigenvalue weighted by atomic mass is 35.5. The van der Waals surface area contributed by atoms with E-state index in [4.69, 9.17) is 22.3 Å². The van der Waals surface area contributed by atoms with E-state index in [1.54, 1.807) is 6.07 Å². The van der Waals surface area contributed by atoms with Gasteiger partial charge in [-0.15, -0.1) is 0 Å².